The van der Waals surface area contributed by atoms with Gasteiger partial charge in [0.1, 0.15) is 0 Å². The van der Waals surface area contributed by atoms with Crippen molar-refractivity contribution in [1.82, 2.24) is 5.32 Å². The molecule has 2 fully saturated rings. The summed E-state index contributed by atoms with van der Waals surface area (Å²) in [7, 11) is 0. The molecule has 0 spiro atoms. The van der Waals surface area contributed by atoms with Gasteiger partial charge in [-0.25, -0.2) is 0 Å². The van der Waals surface area contributed by atoms with E-state index in [1.807, 2.05) is 0 Å². The Kier molecular flexibility index (Phi) is 3.94. The summed E-state index contributed by atoms with van der Waals surface area (Å²) in [6.45, 7) is 5.69. The molecule has 3 heteroatoms. The maximum absolute atomic E-state index is 6.10. The Morgan fingerprint density at radius 2 is 2.26 bits per heavy atom. The molecule has 3 rings (SSSR count). The minimum atomic E-state index is 0.501. The molecule has 0 radical (unpaired) electrons. The number of fused-ring (bicyclic) bond motifs is 2. The summed E-state index contributed by atoms with van der Waals surface area (Å²) in [5.41, 5.74) is 0.501. The number of hydrogen-bond acceptors (Lipinski definition) is 2. The summed E-state index contributed by atoms with van der Waals surface area (Å²) < 4.78 is 0.935. The van der Waals surface area contributed by atoms with Gasteiger partial charge in [-0.3, -0.25) is 0 Å². The topological polar surface area (TPSA) is 12.0 Å². The van der Waals surface area contributed by atoms with Crippen molar-refractivity contribution in [2.75, 3.05) is 6.54 Å². The Balaban J connectivity index is 1.76. The van der Waals surface area contributed by atoms with E-state index in [0.717, 1.165) is 16.2 Å². The van der Waals surface area contributed by atoms with Crippen molar-refractivity contribution in [3.05, 3.63) is 21.3 Å². The van der Waals surface area contributed by atoms with Gasteiger partial charge in [0.05, 0.1) is 4.34 Å². The van der Waals surface area contributed by atoms with Crippen molar-refractivity contribution < 1.29 is 0 Å². The van der Waals surface area contributed by atoms with Crippen LogP contribution in [0, 0.1) is 17.3 Å². The van der Waals surface area contributed by atoms with E-state index in [2.05, 4.69) is 31.3 Å². The van der Waals surface area contributed by atoms with Crippen LogP contribution in [-0.4, -0.2) is 12.6 Å². The zero-order chi connectivity index (χ0) is 13.5. The van der Waals surface area contributed by atoms with Crippen LogP contribution in [0.4, 0.5) is 0 Å². The zero-order valence-corrected chi connectivity index (χ0v) is 13.5. The van der Waals surface area contributed by atoms with E-state index in [0.29, 0.717) is 11.5 Å². The van der Waals surface area contributed by atoms with Crippen molar-refractivity contribution in [2.24, 2.45) is 17.3 Å². The third kappa shape index (κ3) is 2.86. The van der Waals surface area contributed by atoms with Gasteiger partial charge in [-0.1, -0.05) is 31.9 Å². The van der Waals surface area contributed by atoms with E-state index in [4.69, 9.17) is 11.6 Å². The van der Waals surface area contributed by atoms with Crippen LogP contribution in [0.1, 0.15) is 44.4 Å². The lowest BCUT2D eigenvalue weighted by atomic mass is 9.70. The predicted octanol–water partition coefficient (Wildman–Crippen LogP) is 4.75. The van der Waals surface area contributed by atoms with Crippen molar-refractivity contribution in [2.45, 2.75) is 52.0 Å². The third-order valence-electron chi connectivity index (χ3n) is 5.12. The van der Waals surface area contributed by atoms with Crippen LogP contribution in [0.25, 0.3) is 0 Å². The minimum Gasteiger partial charge on any atom is -0.314 e. The SMILES string of the molecule is CC(C)NCC1(Cc2ccc(Cl)s2)CC2CCC1C2. The monoisotopic (exact) mass is 297 g/mol. The van der Waals surface area contributed by atoms with Crippen LogP contribution in [-0.2, 0) is 6.42 Å². The average Bonchev–Trinajstić information content (AvgIpc) is 3.03. The van der Waals surface area contributed by atoms with Gasteiger partial charge in [-0.05, 0) is 55.1 Å². The van der Waals surface area contributed by atoms with E-state index in [-0.39, 0.29) is 0 Å². The third-order valence-corrected chi connectivity index (χ3v) is 6.35. The largest absolute Gasteiger partial charge is 0.314 e. The molecule has 3 unspecified atom stereocenters. The van der Waals surface area contributed by atoms with Crippen LogP contribution in [0.3, 0.4) is 0 Å². The van der Waals surface area contributed by atoms with Gasteiger partial charge in [-0.15, -0.1) is 11.3 Å². The normalized spacial score (nSPS) is 33.5. The molecule has 0 amide bonds. The Morgan fingerprint density at radius 3 is 2.79 bits per heavy atom. The highest BCUT2D eigenvalue weighted by Gasteiger charge is 2.50. The number of rotatable bonds is 5. The molecule has 2 aliphatic rings. The van der Waals surface area contributed by atoms with Gasteiger partial charge in [-0.2, -0.15) is 0 Å². The Bertz CT molecular complexity index is 442. The predicted molar refractivity (Wildman–Crippen MR) is 84.1 cm³/mol. The Hall–Kier alpha value is -0.0500. The summed E-state index contributed by atoms with van der Waals surface area (Å²) in [6, 6.07) is 4.87. The summed E-state index contributed by atoms with van der Waals surface area (Å²) in [4.78, 5) is 1.48. The Labute approximate surface area is 125 Å². The molecule has 1 heterocycles. The number of nitrogens with one attached hydrogen (secondary N) is 1. The van der Waals surface area contributed by atoms with E-state index in [1.54, 1.807) is 11.3 Å². The first-order chi connectivity index (χ1) is 9.07. The molecule has 3 atom stereocenters. The molecule has 2 bridgehead atoms. The maximum atomic E-state index is 6.10. The molecular formula is C16H24ClNS. The molecule has 1 nitrogen and oxygen atoms in total. The molecule has 0 saturated heterocycles. The highest BCUT2D eigenvalue weighted by molar-refractivity contribution is 7.16. The molecule has 1 aromatic rings. The number of hydrogen-bond donors (Lipinski definition) is 1. The summed E-state index contributed by atoms with van der Waals surface area (Å²) in [5, 5.41) is 3.71. The average molecular weight is 298 g/mol. The second-order valence-corrected chi connectivity index (χ2v) is 8.66. The van der Waals surface area contributed by atoms with Gasteiger partial charge in [0.2, 0.25) is 0 Å². The van der Waals surface area contributed by atoms with Crippen LogP contribution < -0.4 is 5.32 Å². The molecule has 19 heavy (non-hydrogen) atoms. The molecule has 2 aliphatic carbocycles. The summed E-state index contributed by atoms with van der Waals surface area (Å²) >= 11 is 7.87. The van der Waals surface area contributed by atoms with Crippen molar-refractivity contribution in [3.63, 3.8) is 0 Å². The first-order valence-corrected chi connectivity index (χ1v) is 8.74. The number of thiophene rings is 1. The second-order valence-electron chi connectivity index (χ2n) is 6.86. The van der Waals surface area contributed by atoms with Gasteiger partial charge in [0.25, 0.3) is 0 Å². The highest BCUT2D eigenvalue weighted by atomic mass is 35.5. The molecule has 1 N–H and O–H groups in total. The van der Waals surface area contributed by atoms with Crippen LogP contribution in [0.5, 0.6) is 0 Å². The first kappa shape index (κ1) is 13.9. The molecule has 1 aromatic heterocycles. The fraction of sp³-hybridized carbons (Fsp3) is 0.750. The van der Waals surface area contributed by atoms with Crippen LogP contribution in [0.15, 0.2) is 12.1 Å². The molecule has 0 aliphatic heterocycles. The lowest BCUT2D eigenvalue weighted by molar-refractivity contribution is 0.153. The smallest absolute Gasteiger partial charge is 0.0931 e. The summed E-state index contributed by atoms with van der Waals surface area (Å²) in [5.74, 6) is 1.93. The van der Waals surface area contributed by atoms with Gasteiger partial charge in [0, 0.05) is 17.5 Å². The van der Waals surface area contributed by atoms with E-state index >= 15 is 0 Å². The molecule has 106 valence electrons. The molecule has 2 saturated carbocycles. The summed E-state index contributed by atoms with van der Waals surface area (Å²) in [6.07, 6.45) is 7.04. The quantitative estimate of drug-likeness (QED) is 0.827. The lowest BCUT2D eigenvalue weighted by Crippen LogP contribution is -2.42. The maximum Gasteiger partial charge on any atom is 0.0931 e. The highest BCUT2D eigenvalue weighted by Crippen LogP contribution is 2.57. The van der Waals surface area contributed by atoms with Gasteiger partial charge >= 0.3 is 0 Å². The first-order valence-electron chi connectivity index (χ1n) is 7.55. The Morgan fingerprint density at radius 1 is 1.42 bits per heavy atom. The minimum absolute atomic E-state index is 0.501. The van der Waals surface area contributed by atoms with Gasteiger partial charge in [0.15, 0.2) is 0 Å². The standard InChI is InChI=1S/C16H24ClNS/c1-11(2)18-10-16(8-12-3-4-13(16)7-12)9-14-5-6-15(17)19-14/h5-6,11-13,18H,3-4,7-10H2,1-2H3. The van der Waals surface area contributed by atoms with Crippen molar-refractivity contribution in [1.29, 1.82) is 0 Å². The fourth-order valence-corrected chi connectivity index (χ4v) is 5.50. The van der Waals surface area contributed by atoms with Crippen molar-refractivity contribution in [3.8, 4) is 0 Å². The lowest BCUT2D eigenvalue weighted by Gasteiger charge is -2.38. The van der Waals surface area contributed by atoms with E-state index in [9.17, 15) is 0 Å². The molecule has 0 aromatic carbocycles. The van der Waals surface area contributed by atoms with Crippen molar-refractivity contribution >= 4 is 22.9 Å². The van der Waals surface area contributed by atoms with Crippen LogP contribution in [0.2, 0.25) is 4.34 Å². The zero-order valence-electron chi connectivity index (χ0n) is 11.9. The number of halogens is 1. The van der Waals surface area contributed by atoms with Crippen LogP contribution >= 0.6 is 22.9 Å². The van der Waals surface area contributed by atoms with Gasteiger partial charge < -0.3 is 5.32 Å². The van der Waals surface area contributed by atoms with E-state index < -0.39 is 0 Å². The van der Waals surface area contributed by atoms with E-state index in [1.165, 1.54) is 43.5 Å². The second kappa shape index (κ2) is 5.38. The fourth-order valence-electron chi connectivity index (χ4n) is 4.25. The molecular weight excluding hydrogens is 274 g/mol.